The molecule has 0 aliphatic carbocycles. The Morgan fingerprint density at radius 2 is 1.62 bits per heavy atom. The van der Waals surface area contributed by atoms with Crippen molar-refractivity contribution < 1.29 is 32.2 Å². The molecule has 1 aliphatic heterocycles. The summed E-state index contributed by atoms with van der Waals surface area (Å²) in [6.45, 7) is 4.11. The number of benzene rings is 2. The van der Waals surface area contributed by atoms with Gasteiger partial charge in [-0.3, -0.25) is 4.79 Å². The number of sulfonamides is 1. The van der Waals surface area contributed by atoms with Gasteiger partial charge in [-0.15, -0.1) is 0 Å². The smallest absolute Gasteiger partial charge is 0.338 e. The van der Waals surface area contributed by atoms with Gasteiger partial charge in [0.2, 0.25) is 15.9 Å². The first-order chi connectivity index (χ1) is 16.1. The lowest BCUT2D eigenvalue weighted by Crippen LogP contribution is -2.41. The number of carbonyl (C=O) groups is 2. The summed E-state index contributed by atoms with van der Waals surface area (Å²) in [5.74, 6) is -0.247. The Kier molecular flexibility index (Phi) is 7.83. The Balaban J connectivity index is 1.68. The topological polar surface area (TPSA) is 111 Å². The first-order valence-electron chi connectivity index (χ1n) is 10.8. The van der Waals surface area contributed by atoms with Gasteiger partial charge in [-0.2, -0.15) is 4.31 Å². The van der Waals surface area contributed by atoms with Crippen molar-refractivity contribution in [3.63, 3.8) is 0 Å². The average Bonchev–Trinajstić information content (AvgIpc) is 2.85. The van der Waals surface area contributed by atoms with Gasteiger partial charge in [0.1, 0.15) is 0 Å². The Bertz CT molecular complexity index is 1190. The highest BCUT2D eigenvalue weighted by Gasteiger charge is 2.32. The fraction of sp³-hybridized carbons (Fsp3) is 0.417. The van der Waals surface area contributed by atoms with Crippen molar-refractivity contribution in [2.24, 2.45) is 5.92 Å². The highest BCUT2D eigenvalue weighted by Crippen LogP contribution is 2.32. The second-order valence-electron chi connectivity index (χ2n) is 8.14. The van der Waals surface area contributed by atoms with Crippen molar-refractivity contribution in [2.75, 3.05) is 39.7 Å². The monoisotopic (exact) mass is 490 g/mol. The predicted molar refractivity (Wildman–Crippen MR) is 127 cm³/mol. The summed E-state index contributed by atoms with van der Waals surface area (Å²) >= 11 is 0. The lowest BCUT2D eigenvalue weighted by molar-refractivity contribution is -0.120. The van der Waals surface area contributed by atoms with Crippen LogP contribution in [0.5, 0.6) is 11.5 Å². The van der Waals surface area contributed by atoms with Crippen LogP contribution in [0.3, 0.4) is 0 Å². The van der Waals surface area contributed by atoms with Crippen LogP contribution in [0, 0.1) is 19.8 Å². The van der Waals surface area contributed by atoms with E-state index in [0.29, 0.717) is 35.6 Å². The zero-order valence-electron chi connectivity index (χ0n) is 20.0. The largest absolute Gasteiger partial charge is 0.493 e. The van der Waals surface area contributed by atoms with Crippen molar-refractivity contribution in [2.45, 2.75) is 31.6 Å². The molecular weight excluding hydrogens is 460 g/mol. The van der Waals surface area contributed by atoms with Gasteiger partial charge in [0, 0.05) is 30.8 Å². The van der Waals surface area contributed by atoms with Crippen LogP contribution in [0.1, 0.15) is 34.3 Å². The number of hydrogen-bond acceptors (Lipinski definition) is 7. The van der Waals surface area contributed by atoms with Crippen molar-refractivity contribution in [3.8, 4) is 11.5 Å². The van der Waals surface area contributed by atoms with Crippen LogP contribution in [0.2, 0.25) is 0 Å². The van der Waals surface area contributed by atoms with E-state index in [0.717, 1.165) is 11.1 Å². The number of aryl methyl sites for hydroxylation is 1. The first kappa shape index (κ1) is 25.5. The number of ether oxygens (including phenoxy) is 3. The second-order valence-corrected chi connectivity index (χ2v) is 10.1. The molecule has 34 heavy (non-hydrogen) atoms. The summed E-state index contributed by atoms with van der Waals surface area (Å²) in [5, 5.41) is 2.87. The average molecular weight is 491 g/mol. The third kappa shape index (κ3) is 5.18. The molecule has 0 aromatic heterocycles. The van der Waals surface area contributed by atoms with Crippen LogP contribution >= 0.6 is 0 Å². The highest BCUT2D eigenvalue weighted by atomic mass is 32.2. The van der Waals surface area contributed by atoms with Crippen molar-refractivity contribution in [1.82, 2.24) is 4.31 Å². The van der Waals surface area contributed by atoms with Crippen LogP contribution in [-0.4, -0.2) is 59.0 Å². The Morgan fingerprint density at radius 3 is 2.21 bits per heavy atom. The summed E-state index contributed by atoms with van der Waals surface area (Å²) in [6.07, 6.45) is 0.764. The standard InChI is InChI=1S/C24H30N2O7S/c1-15-12-18(13-20(16(15)2)24(28)33-5)25-23(27)17-8-10-26(11-9-17)34(29,30)19-6-7-21(31-3)22(14-19)32-4/h6-7,12-14,17H,8-11H2,1-5H3,(H,25,27). The molecule has 1 amide bonds. The van der Waals surface area contributed by atoms with Gasteiger partial charge in [0.15, 0.2) is 11.5 Å². The van der Waals surface area contributed by atoms with E-state index < -0.39 is 16.0 Å². The minimum absolute atomic E-state index is 0.110. The molecule has 0 unspecified atom stereocenters. The molecule has 1 heterocycles. The van der Waals surface area contributed by atoms with Crippen LogP contribution in [0.25, 0.3) is 0 Å². The maximum absolute atomic E-state index is 13.1. The van der Waals surface area contributed by atoms with Crippen LogP contribution < -0.4 is 14.8 Å². The normalized spacial score (nSPS) is 15.0. The quantitative estimate of drug-likeness (QED) is 0.594. The van der Waals surface area contributed by atoms with Gasteiger partial charge in [-0.05, 0) is 62.1 Å². The third-order valence-corrected chi connectivity index (χ3v) is 8.05. The third-order valence-electron chi connectivity index (χ3n) is 6.16. The SMILES string of the molecule is COC(=O)c1cc(NC(=O)C2CCN(S(=O)(=O)c3ccc(OC)c(OC)c3)CC2)cc(C)c1C. The molecular formula is C24H30N2O7S. The van der Waals surface area contributed by atoms with Crippen LogP contribution in [0.15, 0.2) is 35.2 Å². The molecule has 2 aromatic rings. The fourth-order valence-corrected chi connectivity index (χ4v) is 5.47. The summed E-state index contributed by atoms with van der Waals surface area (Å²) < 4.78 is 42.8. The minimum atomic E-state index is -3.74. The number of hydrogen-bond donors (Lipinski definition) is 1. The summed E-state index contributed by atoms with van der Waals surface area (Å²) in [6, 6.07) is 7.87. The Morgan fingerprint density at radius 1 is 0.971 bits per heavy atom. The number of rotatable bonds is 7. The summed E-state index contributed by atoms with van der Waals surface area (Å²) in [5.41, 5.74) is 2.55. The number of piperidine rings is 1. The molecule has 184 valence electrons. The van der Waals surface area contributed by atoms with E-state index in [1.165, 1.54) is 37.8 Å². The van der Waals surface area contributed by atoms with Gasteiger partial charge in [0.25, 0.3) is 0 Å². The number of nitrogens with zero attached hydrogens (tertiary/aromatic N) is 1. The van der Waals surface area contributed by atoms with Gasteiger partial charge in [-0.1, -0.05) is 0 Å². The molecule has 0 atom stereocenters. The lowest BCUT2D eigenvalue weighted by atomic mass is 9.96. The van der Waals surface area contributed by atoms with E-state index in [-0.39, 0.29) is 29.8 Å². The molecule has 1 fully saturated rings. The second kappa shape index (κ2) is 10.4. The molecule has 3 rings (SSSR count). The molecule has 0 spiro atoms. The molecule has 2 aromatic carbocycles. The van der Waals surface area contributed by atoms with Crippen LogP contribution in [-0.2, 0) is 19.6 Å². The van der Waals surface area contributed by atoms with Crippen molar-refractivity contribution in [3.05, 3.63) is 47.0 Å². The molecule has 0 saturated carbocycles. The molecule has 0 bridgehead atoms. The maximum Gasteiger partial charge on any atom is 0.338 e. The molecule has 10 heteroatoms. The van der Waals surface area contributed by atoms with E-state index in [4.69, 9.17) is 14.2 Å². The zero-order valence-corrected chi connectivity index (χ0v) is 20.8. The summed E-state index contributed by atoms with van der Waals surface area (Å²) in [7, 11) is 0.499. The van der Waals surface area contributed by atoms with Crippen LogP contribution in [0.4, 0.5) is 5.69 Å². The van der Waals surface area contributed by atoms with Gasteiger partial charge in [-0.25, -0.2) is 13.2 Å². The maximum atomic E-state index is 13.1. The molecule has 0 radical (unpaired) electrons. The number of esters is 1. The zero-order chi connectivity index (χ0) is 25.0. The molecule has 9 nitrogen and oxygen atoms in total. The van der Waals surface area contributed by atoms with E-state index in [2.05, 4.69) is 5.32 Å². The molecule has 1 saturated heterocycles. The van der Waals surface area contributed by atoms with Crippen molar-refractivity contribution in [1.29, 1.82) is 0 Å². The van der Waals surface area contributed by atoms with Gasteiger partial charge in [0.05, 0.1) is 31.8 Å². The number of methoxy groups -OCH3 is 3. The Hall–Kier alpha value is -3.11. The van der Waals surface area contributed by atoms with E-state index in [1.54, 1.807) is 18.2 Å². The van der Waals surface area contributed by atoms with E-state index >= 15 is 0 Å². The Labute approximate surface area is 200 Å². The number of anilines is 1. The summed E-state index contributed by atoms with van der Waals surface area (Å²) in [4.78, 5) is 25.0. The number of nitrogens with one attached hydrogen (secondary N) is 1. The highest BCUT2D eigenvalue weighted by molar-refractivity contribution is 7.89. The first-order valence-corrected chi connectivity index (χ1v) is 12.3. The molecule has 1 aliphatic rings. The van der Waals surface area contributed by atoms with E-state index in [9.17, 15) is 18.0 Å². The number of amides is 1. The fourth-order valence-electron chi connectivity index (χ4n) is 3.98. The van der Waals surface area contributed by atoms with Gasteiger partial charge < -0.3 is 19.5 Å². The predicted octanol–water partition coefficient (Wildman–Crippen LogP) is 3.15. The van der Waals surface area contributed by atoms with Crippen molar-refractivity contribution >= 4 is 27.6 Å². The minimum Gasteiger partial charge on any atom is -0.493 e. The molecule has 1 N–H and O–H groups in total. The van der Waals surface area contributed by atoms with Gasteiger partial charge >= 0.3 is 5.97 Å². The van der Waals surface area contributed by atoms with E-state index in [1.807, 2.05) is 13.8 Å². The lowest BCUT2D eigenvalue weighted by Gasteiger charge is -2.30. The number of carbonyl (C=O) groups excluding carboxylic acids is 2.